The number of rotatable bonds is 4. The smallest absolute Gasteiger partial charge is 0.148 e. The lowest BCUT2D eigenvalue weighted by Gasteiger charge is -2.17. The Morgan fingerprint density at radius 2 is 2.00 bits per heavy atom. The molecular weight excluding hydrogens is 226 g/mol. The molecule has 2 rings (SSSR count). The van der Waals surface area contributed by atoms with E-state index in [9.17, 15) is 0 Å². The van der Waals surface area contributed by atoms with E-state index in [1.165, 1.54) is 19.3 Å². The van der Waals surface area contributed by atoms with Crippen LogP contribution in [0, 0.1) is 12.8 Å². The molecule has 0 aliphatic heterocycles. The lowest BCUT2D eigenvalue weighted by atomic mass is 10.1. The molecule has 100 valence electrons. The average molecular weight is 249 g/mol. The second kappa shape index (κ2) is 5.52. The van der Waals surface area contributed by atoms with E-state index in [1.807, 2.05) is 13.8 Å². The number of nitrogen functional groups attached to an aromatic ring is 1. The first kappa shape index (κ1) is 13.1. The molecule has 2 atom stereocenters. The molecule has 4 N–H and O–H groups in total. The van der Waals surface area contributed by atoms with Crippen LogP contribution in [0.4, 0.5) is 11.6 Å². The Bertz CT molecular complexity index is 418. The van der Waals surface area contributed by atoms with E-state index in [0.29, 0.717) is 6.04 Å². The van der Waals surface area contributed by atoms with Gasteiger partial charge in [0.25, 0.3) is 0 Å². The van der Waals surface area contributed by atoms with Gasteiger partial charge in [-0.25, -0.2) is 15.8 Å². The monoisotopic (exact) mass is 249 g/mol. The number of hydrazine groups is 1. The number of hydrogen-bond acceptors (Lipinski definition) is 5. The van der Waals surface area contributed by atoms with E-state index in [4.69, 9.17) is 5.84 Å². The predicted molar refractivity (Wildman–Crippen MR) is 74.4 cm³/mol. The predicted octanol–water partition coefficient (Wildman–Crippen LogP) is 2.23. The molecule has 0 amide bonds. The van der Waals surface area contributed by atoms with Crippen LogP contribution in [0.1, 0.15) is 44.5 Å². The second-order valence-electron chi connectivity index (χ2n) is 5.22. The van der Waals surface area contributed by atoms with Crippen LogP contribution in [0.2, 0.25) is 0 Å². The molecule has 0 radical (unpaired) electrons. The summed E-state index contributed by atoms with van der Waals surface area (Å²) in [6, 6.07) is 0.531. The largest absolute Gasteiger partial charge is 0.367 e. The van der Waals surface area contributed by atoms with Crippen LogP contribution in [-0.2, 0) is 6.42 Å². The second-order valence-corrected chi connectivity index (χ2v) is 5.22. The van der Waals surface area contributed by atoms with Crippen molar-refractivity contribution in [2.45, 2.75) is 52.5 Å². The van der Waals surface area contributed by atoms with Gasteiger partial charge in [0.05, 0.1) is 0 Å². The van der Waals surface area contributed by atoms with Gasteiger partial charge < -0.3 is 10.7 Å². The zero-order chi connectivity index (χ0) is 13.1. The van der Waals surface area contributed by atoms with Gasteiger partial charge in [-0.1, -0.05) is 13.8 Å². The summed E-state index contributed by atoms with van der Waals surface area (Å²) in [7, 11) is 0. The molecule has 0 spiro atoms. The van der Waals surface area contributed by atoms with E-state index in [2.05, 4.69) is 27.6 Å². The summed E-state index contributed by atoms with van der Waals surface area (Å²) in [6.07, 6.45) is 4.54. The topological polar surface area (TPSA) is 75.9 Å². The van der Waals surface area contributed by atoms with E-state index < -0.39 is 0 Å². The highest BCUT2D eigenvalue weighted by atomic mass is 15.3. The highest BCUT2D eigenvalue weighted by molar-refractivity contribution is 5.57. The van der Waals surface area contributed by atoms with Gasteiger partial charge in [-0.3, -0.25) is 0 Å². The molecule has 1 aliphatic carbocycles. The maximum Gasteiger partial charge on any atom is 0.148 e. The van der Waals surface area contributed by atoms with Crippen LogP contribution in [-0.4, -0.2) is 16.0 Å². The van der Waals surface area contributed by atoms with Crippen molar-refractivity contribution in [2.24, 2.45) is 11.8 Å². The number of nitrogens with zero attached hydrogens (tertiary/aromatic N) is 2. The van der Waals surface area contributed by atoms with Crippen molar-refractivity contribution in [1.82, 2.24) is 9.97 Å². The molecule has 0 aromatic carbocycles. The number of nitrogens with one attached hydrogen (secondary N) is 2. The fourth-order valence-corrected chi connectivity index (χ4v) is 2.53. The number of aryl methyl sites for hydroxylation is 1. The van der Waals surface area contributed by atoms with Crippen molar-refractivity contribution in [2.75, 3.05) is 10.7 Å². The van der Waals surface area contributed by atoms with Gasteiger partial charge in [-0.05, 0) is 32.1 Å². The Morgan fingerprint density at radius 1 is 1.28 bits per heavy atom. The first-order valence-corrected chi connectivity index (χ1v) is 6.74. The summed E-state index contributed by atoms with van der Waals surface area (Å²) in [5, 5.41) is 3.54. The number of anilines is 2. The number of nitrogens with two attached hydrogens (primary N) is 1. The SMILES string of the molecule is CCc1nc(NN)c(C)c(NC2CCC(C)C2)n1. The molecule has 1 heterocycles. The number of aromatic nitrogens is 2. The summed E-state index contributed by atoms with van der Waals surface area (Å²) >= 11 is 0. The van der Waals surface area contributed by atoms with E-state index in [1.54, 1.807) is 0 Å². The molecule has 0 bridgehead atoms. The zero-order valence-electron chi connectivity index (χ0n) is 11.5. The Kier molecular flexibility index (Phi) is 4.01. The van der Waals surface area contributed by atoms with Crippen molar-refractivity contribution < 1.29 is 0 Å². The Hall–Kier alpha value is -1.36. The summed E-state index contributed by atoms with van der Waals surface area (Å²) in [5.41, 5.74) is 3.65. The van der Waals surface area contributed by atoms with Gasteiger partial charge in [-0.2, -0.15) is 0 Å². The number of hydrogen-bond donors (Lipinski definition) is 3. The van der Waals surface area contributed by atoms with Gasteiger partial charge in [0.2, 0.25) is 0 Å². The van der Waals surface area contributed by atoms with Crippen molar-refractivity contribution in [3.8, 4) is 0 Å². The quantitative estimate of drug-likeness (QED) is 0.563. The maximum absolute atomic E-state index is 5.51. The maximum atomic E-state index is 5.51. The molecule has 5 heteroatoms. The molecule has 5 nitrogen and oxygen atoms in total. The summed E-state index contributed by atoms with van der Waals surface area (Å²) in [5.74, 6) is 8.78. The van der Waals surface area contributed by atoms with Gasteiger partial charge >= 0.3 is 0 Å². The van der Waals surface area contributed by atoms with Crippen LogP contribution in [0.5, 0.6) is 0 Å². The van der Waals surface area contributed by atoms with Crippen LogP contribution in [0.3, 0.4) is 0 Å². The lowest BCUT2D eigenvalue weighted by Crippen LogP contribution is -2.20. The van der Waals surface area contributed by atoms with Gasteiger partial charge in [0.15, 0.2) is 0 Å². The lowest BCUT2D eigenvalue weighted by molar-refractivity contribution is 0.602. The minimum absolute atomic E-state index is 0.531. The molecule has 18 heavy (non-hydrogen) atoms. The van der Waals surface area contributed by atoms with Crippen molar-refractivity contribution in [1.29, 1.82) is 0 Å². The van der Waals surface area contributed by atoms with Crippen molar-refractivity contribution in [3.63, 3.8) is 0 Å². The summed E-state index contributed by atoms with van der Waals surface area (Å²) in [6.45, 7) is 6.35. The molecule has 1 saturated carbocycles. The minimum Gasteiger partial charge on any atom is -0.367 e. The van der Waals surface area contributed by atoms with Gasteiger partial charge in [-0.15, -0.1) is 0 Å². The van der Waals surface area contributed by atoms with Gasteiger partial charge in [0, 0.05) is 18.0 Å². The van der Waals surface area contributed by atoms with Crippen LogP contribution in [0.25, 0.3) is 0 Å². The normalized spacial score (nSPS) is 23.1. The summed E-state index contributed by atoms with van der Waals surface area (Å²) in [4.78, 5) is 8.94. The molecule has 1 aromatic heterocycles. The third kappa shape index (κ3) is 2.72. The fourth-order valence-electron chi connectivity index (χ4n) is 2.53. The zero-order valence-corrected chi connectivity index (χ0v) is 11.5. The molecule has 2 unspecified atom stereocenters. The van der Waals surface area contributed by atoms with E-state index in [-0.39, 0.29) is 0 Å². The Labute approximate surface area is 109 Å². The molecule has 1 fully saturated rings. The fraction of sp³-hybridized carbons (Fsp3) is 0.692. The minimum atomic E-state index is 0.531. The van der Waals surface area contributed by atoms with Crippen molar-refractivity contribution >= 4 is 11.6 Å². The van der Waals surface area contributed by atoms with Crippen LogP contribution >= 0.6 is 0 Å². The highest BCUT2D eigenvalue weighted by Crippen LogP contribution is 2.29. The average Bonchev–Trinajstić information content (AvgIpc) is 2.77. The Balaban J connectivity index is 2.20. The molecule has 1 aliphatic rings. The Morgan fingerprint density at radius 3 is 2.56 bits per heavy atom. The first-order chi connectivity index (χ1) is 8.63. The third-order valence-corrected chi connectivity index (χ3v) is 3.68. The van der Waals surface area contributed by atoms with Gasteiger partial charge in [0.1, 0.15) is 17.5 Å². The molecular formula is C13H23N5. The van der Waals surface area contributed by atoms with Crippen LogP contribution < -0.4 is 16.6 Å². The first-order valence-electron chi connectivity index (χ1n) is 6.74. The molecule has 1 aromatic rings. The summed E-state index contributed by atoms with van der Waals surface area (Å²) < 4.78 is 0. The van der Waals surface area contributed by atoms with E-state index >= 15 is 0 Å². The standard InChI is InChI=1S/C13H23N5/c1-4-11-16-12(9(3)13(17-11)18-14)15-10-6-5-8(2)7-10/h8,10H,4-7,14H2,1-3H3,(H2,15,16,17,18). The van der Waals surface area contributed by atoms with Crippen LogP contribution in [0.15, 0.2) is 0 Å². The van der Waals surface area contributed by atoms with Crippen molar-refractivity contribution in [3.05, 3.63) is 11.4 Å². The molecule has 0 saturated heterocycles. The highest BCUT2D eigenvalue weighted by Gasteiger charge is 2.22. The third-order valence-electron chi connectivity index (χ3n) is 3.68. The van der Waals surface area contributed by atoms with E-state index in [0.717, 1.165) is 35.4 Å².